The average molecular weight is 363 g/mol. The maximum absolute atomic E-state index is 12.9. The van der Waals surface area contributed by atoms with Crippen LogP contribution in [0.4, 0.5) is 14.6 Å². The van der Waals surface area contributed by atoms with E-state index in [0.717, 1.165) is 30.4 Å². The standard InChI is InChI=1S/C15H15F2N7S/c16-15(17)10-1-2-13-19-8-12(24(13)22-10)11-7-14(21-9-20-11)23-3-5-25(18)6-4-23/h1-2,7-9,15,18H,3-6H2. The number of aromatic nitrogens is 5. The molecule has 0 spiro atoms. The number of nitrogens with zero attached hydrogens (tertiary/aromatic N) is 6. The van der Waals surface area contributed by atoms with E-state index in [1.165, 1.54) is 23.0 Å². The number of fused-ring (bicyclic) bond motifs is 1. The molecule has 130 valence electrons. The van der Waals surface area contributed by atoms with Crippen LogP contribution in [0.1, 0.15) is 12.1 Å². The summed E-state index contributed by atoms with van der Waals surface area (Å²) >= 11 is 0. The molecule has 0 unspecified atom stereocenters. The van der Waals surface area contributed by atoms with Gasteiger partial charge in [0.2, 0.25) is 0 Å². The average Bonchev–Trinajstić information content (AvgIpc) is 3.05. The molecule has 4 rings (SSSR count). The minimum atomic E-state index is -2.65. The summed E-state index contributed by atoms with van der Waals surface area (Å²) in [5, 5.41) is 3.97. The summed E-state index contributed by atoms with van der Waals surface area (Å²) in [7, 11) is -0.276. The lowest BCUT2D eigenvalue weighted by molar-refractivity contribution is 0.144. The molecule has 4 heterocycles. The minimum absolute atomic E-state index is 0.276. The van der Waals surface area contributed by atoms with Crippen LogP contribution in [-0.4, -0.2) is 49.2 Å². The van der Waals surface area contributed by atoms with Gasteiger partial charge in [-0.2, -0.15) is 5.10 Å². The zero-order valence-electron chi connectivity index (χ0n) is 13.1. The van der Waals surface area contributed by atoms with Crippen molar-refractivity contribution in [2.75, 3.05) is 29.5 Å². The Morgan fingerprint density at radius 1 is 1.12 bits per heavy atom. The molecule has 0 saturated carbocycles. The summed E-state index contributed by atoms with van der Waals surface area (Å²) in [5.74, 6) is 2.42. The van der Waals surface area contributed by atoms with Crippen molar-refractivity contribution >= 4 is 22.2 Å². The van der Waals surface area contributed by atoms with E-state index in [1.807, 2.05) is 6.07 Å². The molecule has 1 aliphatic heterocycles. The van der Waals surface area contributed by atoms with Gasteiger partial charge in [-0.25, -0.2) is 28.2 Å². The number of hydrogen-bond donors (Lipinski definition) is 1. The van der Waals surface area contributed by atoms with Crippen LogP contribution < -0.4 is 4.90 Å². The van der Waals surface area contributed by atoms with Crippen molar-refractivity contribution in [2.24, 2.45) is 0 Å². The first kappa shape index (κ1) is 16.0. The Bertz CT molecular complexity index is 933. The van der Waals surface area contributed by atoms with Crippen molar-refractivity contribution in [1.29, 1.82) is 4.78 Å². The van der Waals surface area contributed by atoms with Crippen molar-refractivity contribution in [3.63, 3.8) is 0 Å². The third-order valence-electron chi connectivity index (χ3n) is 4.06. The first-order chi connectivity index (χ1) is 12.1. The molecule has 0 aromatic carbocycles. The van der Waals surface area contributed by atoms with Gasteiger partial charge in [0.05, 0.1) is 11.9 Å². The number of halogens is 2. The van der Waals surface area contributed by atoms with Gasteiger partial charge in [0.1, 0.15) is 23.5 Å². The molecule has 10 heteroatoms. The molecule has 0 amide bonds. The highest BCUT2D eigenvalue weighted by Crippen LogP contribution is 2.24. The fourth-order valence-electron chi connectivity index (χ4n) is 2.72. The third kappa shape index (κ3) is 3.09. The monoisotopic (exact) mass is 363 g/mol. The number of alkyl halides is 2. The smallest absolute Gasteiger partial charge is 0.282 e. The van der Waals surface area contributed by atoms with Gasteiger partial charge < -0.3 is 4.90 Å². The molecular formula is C15H15F2N7S. The predicted octanol–water partition coefficient (Wildman–Crippen LogP) is 2.32. The number of nitrogens with one attached hydrogen (secondary N) is 1. The van der Waals surface area contributed by atoms with Crippen molar-refractivity contribution in [2.45, 2.75) is 6.43 Å². The molecule has 3 aromatic heterocycles. The molecule has 7 nitrogen and oxygen atoms in total. The summed E-state index contributed by atoms with van der Waals surface area (Å²) in [6.45, 7) is 1.56. The van der Waals surface area contributed by atoms with Crippen LogP contribution >= 0.6 is 0 Å². The van der Waals surface area contributed by atoms with Gasteiger partial charge >= 0.3 is 0 Å². The number of rotatable bonds is 3. The number of anilines is 1. The third-order valence-corrected chi connectivity index (χ3v) is 5.41. The lowest BCUT2D eigenvalue weighted by atomic mass is 10.3. The van der Waals surface area contributed by atoms with E-state index in [9.17, 15) is 8.78 Å². The Morgan fingerprint density at radius 3 is 2.68 bits per heavy atom. The zero-order chi connectivity index (χ0) is 17.4. The molecule has 1 fully saturated rings. The van der Waals surface area contributed by atoms with Crippen LogP contribution in [0, 0.1) is 4.78 Å². The topological polar surface area (TPSA) is 83.1 Å². The Balaban J connectivity index is 1.72. The Kier molecular flexibility index (Phi) is 4.12. The summed E-state index contributed by atoms with van der Waals surface area (Å²) < 4.78 is 35.1. The Morgan fingerprint density at radius 2 is 1.92 bits per heavy atom. The van der Waals surface area contributed by atoms with Gasteiger partial charge in [0.15, 0.2) is 5.65 Å². The molecule has 0 aliphatic carbocycles. The van der Waals surface area contributed by atoms with E-state index in [0.29, 0.717) is 17.0 Å². The van der Waals surface area contributed by atoms with Crippen LogP contribution in [0.3, 0.4) is 0 Å². The fraction of sp³-hybridized carbons (Fsp3) is 0.333. The van der Waals surface area contributed by atoms with Crippen molar-refractivity contribution in [1.82, 2.24) is 24.6 Å². The largest absolute Gasteiger partial charge is 0.355 e. The highest BCUT2D eigenvalue weighted by atomic mass is 32.2. The highest BCUT2D eigenvalue weighted by molar-refractivity contribution is 7.86. The molecule has 1 N–H and O–H groups in total. The molecule has 1 aliphatic rings. The quantitative estimate of drug-likeness (QED) is 0.772. The van der Waals surface area contributed by atoms with Crippen LogP contribution in [-0.2, 0) is 10.7 Å². The predicted molar refractivity (Wildman–Crippen MR) is 91.0 cm³/mol. The lowest BCUT2D eigenvalue weighted by Crippen LogP contribution is -2.37. The van der Waals surface area contributed by atoms with Gasteiger partial charge in [0.25, 0.3) is 6.43 Å². The summed E-state index contributed by atoms with van der Waals surface area (Å²) in [4.78, 5) is 14.9. The van der Waals surface area contributed by atoms with Crippen molar-refractivity contribution in [3.8, 4) is 11.4 Å². The second kappa shape index (κ2) is 6.43. The van der Waals surface area contributed by atoms with Crippen molar-refractivity contribution < 1.29 is 8.78 Å². The van der Waals surface area contributed by atoms with E-state index in [2.05, 4.69) is 25.0 Å². The van der Waals surface area contributed by atoms with Crippen molar-refractivity contribution in [3.05, 3.63) is 36.4 Å². The molecule has 0 radical (unpaired) electrons. The number of imidazole rings is 1. The number of hydrogen-bond acceptors (Lipinski definition) is 6. The first-order valence-corrected chi connectivity index (χ1v) is 9.27. The molecular weight excluding hydrogens is 348 g/mol. The van der Waals surface area contributed by atoms with Gasteiger partial charge in [-0.1, -0.05) is 0 Å². The zero-order valence-corrected chi connectivity index (χ0v) is 14.0. The maximum Gasteiger partial charge on any atom is 0.282 e. The van der Waals surface area contributed by atoms with Gasteiger partial charge in [-0.05, 0) is 12.1 Å². The molecule has 0 atom stereocenters. The first-order valence-electron chi connectivity index (χ1n) is 7.71. The highest BCUT2D eigenvalue weighted by Gasteiger charge is 2.18. The second-order valence-electron chi connectivity index (χ2n) is 5.62. The van der Waals surface area contributed by atoms with E-state index >= 15 is 0 Å². The van der Waals surface area contributed by atoms with Gasteiger partial charge in [-0.3, -0.25) is 4.78 Å². The van der Waals surface area contributed by atoms with E-state index in [4.69, 9.17) is 4.78 Å². The van der Waals surface area contributed by atoms with E-state index in [-0.39, 0.29) is 16.4 Å². The molecule has 0 bridgehead atoms. The lowest BCUT2D eigenvalue weighted by Gasteiger charge is -2.28. The van der Waals surface area contributed by atoms with E-state index in [1.54, 1.807) is 6.20 Å². The second-order valence-corrected chi connectivity index (χ2v) is 7.42. The van der Waals surface area contributed by atoms with Crippen LogP contribution in [0.25, 0.3) is 17.0 Å². The van der Waals surface area contributed by atoms with Crippen LogP contribution in [0.5, 0.6) is 0 Å². The van der Waals surface area contributed by atoms with Gasteiger partial charge in [0, 0.05) is 30.7 Å². The SMILES string of the molecule is N=S1CCN(c2cc(-c3cnc4ccc(C(F)F)nn34)ncn2)CC1. The van der Waals surface area contributed by atoms with Gasteiger partial charge in [-0.15, -0.1) is 10.7 Å². The Labute approximate surface area is 144 Å². The molecule has 3 aromatic rings. The summed E-state index contributed by atoms with van der Waals surface area (Å²) in [5.41, 5.74) is 1.29. The van der Waals surface area contributed by atoms with E-state index < -0.39 is 6.43 Å². The Hall–Kier alpha value is -2.49. The molecule has 25 heavy (non-hydrogen) atoms. The fourth-order valence-corrected chi connectivity index (χ4v) is 3.81. The van der Waals surface area contributed by atoms with Crippen LogP contribution in [0.2, 0.25) is 0 Å². The summed E-state index contributed by atoms with van der Waals surface area (Å²) in [6, 6.07) is 4.60. The molecule has 1 saturated heterocycles. The summed E-state index contributed by atoms with van der Waals surface area (Å²) in [6.07, 6.45) is 0.379. The maximum atomic E-state index is 12.9. The van der Waals surface area contributed by atoms with Crippen LogP contribution in [0.15, 0.2) is 30.7 Å². The minimum Gasteiger partial charge on any atom is -0.355 e. The normalized spacial score (nSPS) is 16.0.